The third-order valence-corrected chi connectivity index (χ3v) is 6.05. The highest BCUT2D eigenvalue weighted by Gasteiger charge is 2.45. The molecule has 28 heavy (non-hydrogen) atoms. The quantitative estimate of drug-likeness (QED) is 0.713. The molecule has 1 aliphatic rings. The highest BCUT2D eigenvalue weighted by molar-refractivity contribution is 7.10. The van der Waals surface area contributed by atoms with Crippen molar-refractivity contribution in [3.8, 4) is 0 Å². The largest absolute Gasteiger partial charge is 0.324 e. The lowest BCUT2D eigenvalue weighted by molar-refractivity contribution is -0.122. The Kier molecular flexibility index (Phi) is 4.96. The molecule has 0 bridgehead atoms. The number of rotatable bonds is 4. The van der Waals surface area contributed by atoms with E-state index in [0.717, 1.165) is 21.7 Å². The Morgan fingerprint density at radius 3 is 2.64 bits per heavy atom. The van der Waals surface area contributed by atoms with E-state index in [4.69, 9.17) is 0 Å². The van der Waals surface area contributed by atoms with E-state index in [1.54, 1.807) is 28.6 Å². The number of amides is 2. The molecule has 2 unspecified atom stereocenters. The van der Waals surface area contributed by atoms with Crippen LogP contribution in [0.4, 0.5) is 11.4 Å². The summed E-state index contributed by atoms with van der Waals surface area (Å²) in [4.78, 5) is 32.9. The molecule has 2 amide bonds. The first-order valence-corrected chi connectivity index (χ1v) is 10.1. The third-order valence-electron chi connectivity index (χ3n) is 5.10. The van der Waals surface area contributed by atoms with E-state index in [-0.39, 0.29) is 24.3 Å². The number of pyridine rings is 1. The molecule has 0 spiro atoms. The summed E-state index contributed by atoms with van der Waals surface area (Å²) in [5.41, 5.74) is 3.57. The number of carbonyl (C=O) groups excluding carboxylic acids is 2. The van der Waals surface area contributed by atoms with E-state index in [1.807, 2.05) is 61.7 Å². The Morgan fingerprint density at radius 1 is 1.18 bits per heavy atom. The number of thiophene rings is 1. The van der Waals surface area contributed by atoms with E-state index < -0.39 is 5.92 Å². The number of hydrogen-bond donors (Lipinski definition) is 1. The number of hydrogen-bond acceptors (Lipinski definition) is 4. The molecule has 4 rings (SSSR count). The molecule has 2 aromatic heterocycles. The Hall–Kier alpha value is -2.99. The minimum atomic E-state index is -0.466. The molecule has 3 aromatic rings. The van der Waals surface area contributed by atoms with Gasteiger partial charge in [0.1, 0.15) is 0 Å². The molecule has 1 N–H and O–H groups in total. The van der Waals surface area contributed by atoms with Gasteiger partial charge in [0, 0.05) is 23.2 Å². The number of benzene rings is 1. The standard InChI is InChI=1S/C22H21N3O2S/c1-14-5-7-16(8-6-14)25-20(26)12-17(21(25)19-4-3-11-28-19)22(27)24-18-13-23-10-9-15(18)2/h3-11,13,17,21H,12H2,1-2H3,(H,24,27). The van der Waals surface area contributed by atoms with Gasteiger partial charge in [0.05, 0.1) is 23.8 Å². The van der Waals surface area contributed by atoms with Gasteiger partial charge in [-0.15, -0.1) is 11.3 Å². The molecule has 2 atom stereocenters. The van der Waals surface area contributed by atoms with Gasteiger partial charge in [-0.25, -0.2) is 0 Å². The number of aromatic nitrogens is 1. The van der Waals surface area contributed by atoms with Gasteiger partial charge in [0.25, 0.3) is 0 Å². The molecule has 0 radical (unpaired) electrons. The van der Waals surface area contributed by atoms with Gasteiger partial charge in [0.2, 0.25) is 11.8 Å². The molecule has 1 fully saturated rings. The van der Waals surface area contributed by atoms with E-state index in [1.165, 1.54) is 0 Å². The molecule has 0 aliphatic carbocycles. The van der Waals surface area contributed by atoms with Crippen LogP contribution in [0.15, 0.2) is 60.2 Å². The van der Waals surface area contributed by atoms with Crippen molar-refractivity contribution in [1.29, 1.82) is 0 Å². The Morgan fingerprint density at radius 2 is 1.96 bits per heavy atom. The second-order valence-corrected chi connectivity index (χ2v) is 8.03. The maximum Gasteiger partial charge on any atom is 0.230 e. The predicted molar refractivity (Wildman–Crippen MR) is 111 cm³/mol. The van der Waals surface area contributed by atoms with Crippen LogP contribution in [0.5, 0.6) is 0 Å². The van der Waals surface area contributed by atoms with Gasteiger partial charge in [-0.1, -0.05) is 23.8 Å². The number of anilines is 2. The average Bonchev–Trinajstić information content (AvgIpc) is 3.32. The first-order chi connectivity index (χ1) is 13.5. The Balaban J connectivity index is 1.68. The fourth-order valence-corrected chi connectivity index (χ4v) is 4.47. The number of aryl methyl sites for hydroxylation is 2. The molecule has 6 heteroatoms. The fraction of sp³-hybridized carbons (Fsp3) is 0.227. The van der Waals surface area contributed by atoms with Gasteiger partial charge in [-0.3, -0.25) is 14.6 Å². The summed E-state index contributed by atoms with van der Waals surface area (Å²) in [5, 5.41) is 4.95. The normalized spacial score (nSPS) is 19.1. The first-order valence-electron chi connectivity index (χ1n) is 9.18. The minimum Gasteiger partial charge on any atom is -0.324 e. The Bertz CT molecular complexity index is 999. The number of nitrogens with zero attached hydrogens (tertiary/aromatic N) is 2. The Labute approximate surface area is 168 Å². The number of carbonyl (C=O) groups is 2. The third kappa shape index (κ3) is 3.43. The summed E-state index contributed by atoms with van der Waals surface area (Å²) in [7, 11) is 0. The van der Waals surface area contributed by atoms with Gasteiger partial charge in [-0.05, 0) is 49.1 Å². The molecule has 1 aromatic carbocycles. The number of nitrogens with one attached hydrogen (secondary N) is 1. The van der Waals surface area contributed by atoms with Gasteiger partial charge >= 0.3 is 0 Å². The van der Waals surface area contributed by atoms with Crippen molar-refractivity contribution in [2.75, 3.05) is 10.2 Å². The van der Waals surface area contributed by atoms with Crippen molar-refractivity contribution < 1.29 is 9.59 Å². The van der Waals surface area contributed by atoms with Crippen molar-refractivity contribution in [3.05, 3.63) is 76.2 Å². The average molecular weight is 391 g/mol. The van der Waals surface area contributed by atoms with Crippen molar-refractivity contribution in [2.45, 2.75) is 26.3 Å². The molecule has 142 valence electrons. The van der Waals surface area contributed by atoms with Crippen LogP contribution in [0.2, 0.25) is 0 Å². The van der Waals surface area contributed by atoms with Crippen LogP contribution in [0, 0.1) is 19.8 Å². The first kappa shape index (κ1) is 18.4. The van der Waals surface area contributed by atoms with Crippen molar-refractivity contribution >= 4 is 34.5 Å². The van der Waals surface area contributed by atoms with E-state index in [0.29, 0.717) is 5.69 Å². The summed E-state index contributed by atoms with van der Waals surface area (Å²) in [6.07, 6.45) is 3.52. The molecular formula is C22H21N3O2S. The lowest BCUT2D eigenvalue weighted by Crippen LogP contribution is -2.32. The van der Waals surface area contributed by atoms with Crippen LogP contribution in [-0.4, -0.2) is 16.8 Å². The summed E-state index contributed by atoms with van der Waals surface area (Å²) < 4.78 is 0. The highest BCUT2D eigenvalue weighted by atomic mass is 32.1. The minimum absolute atomic E-state index is 0.0367. The second-order valence-electron chi connectivity index (χ2n) is 7.05. The fourth-order valence-electron chi connectivity index (χ4n) is 3.58. The van der Waals surface area contributed by atoms with E-state index in [2.05, 4.69) is 10.3 Å². The molecule has 0 saturated carbocycles. The highest BCUT2D eigenvalue weighted by Crippen LogP contribution is 2.43. The molecule has 5 nitrogen and oxygen atoms in total. The van der Waals surface area contributed by atoms with Gasteiger partial charge in [-0.2, -0.15) is 0 Å². The van der Waals surface area contributed by atoms with Crippen LogP contribution in [-0.2, 0) is 9.59 Å². The smallest absolute Gasteiger partial charge is 0.230 e. The van der Waals surface area contributed by atoms with Crippen molar-refractivity contribution in [3.63, 3.8) is 0 Å². The van der Waals surface area contributed by atoms with Crippen LogP contribution in [0.3, 0.4) is 0 Å². The van der Waals surface area contributed by atoms with Crippen LogP contribution in [0.25, 0.3) is 0 Å². The van der Waals surface area contributed by atoms with Crippen LogP contribution in [0.1, 0.15) is 28.5 Å². The summed E-state index contributed by atoms with van der Waals surface area (Å²) in [5.74, 6) is -0.658. The molecule has 1 saturated heterocycles. The predicted octanol–water partition coefficient (Wildman–Crippen LogP) is 4.49. The lowest BCUT2D eigenvalue weighted by atomic mass is 9.97. The second kappa shape index (κ2) is 7.56. The SMILES string of the molecule is Cc1ccc(N2C(=O)CC(C(=O)Nc3cnccc3C)C2c2cccs2)cc1. The zero-order valence-electron chi connectivity index (χ0n) is 15.8. The maximum absolute atomic E-state index is 13.1. The van der Waals surface area contributed by atoms with E-state index in [9.17, 15) is 9.59 Å². The zero-order chi connectivity index (χ0) is 19.7. The van der Waals surface area contributed by atoms with Gasteiger partial charge in [0.15, 0.2) is 0 Å². The van der Waals surface area contributed by atoms with E-state index >= 15 is 0 Å². The summed E-state index contributed by atoms with van der Waals surface area (Å²) >= 11 is 1.57. The van der Waals surface area contributed by atoms with Gasteiger partial charge < -0.3 is 10.2 Å². The van der Waals surface area contributed by atoms with Crippen LogP contribution >= 0.6 is 11.3 Å². The molecule has 1 aliphatic heterocycles. The van der Waals surface area contributed by atoms with Crippen LogP contribution < -0.4 is 10.2 Å². The monoisotopic (exact) mass is 391 g/mol. The lowest BCUT2D eigenvalue weighted by Gasteiger charge is -2.27. The molecular weight excluding hydrogens is 370 g/mol. The zero-order valence-corrected chi connectivity index (χ0v) is 16.6. The topological polar surface area (TPSA) is 62.3 Å². The molecule has 3 heterocycles. The summed E-state index contributed by atoms with van der Waals surface area (Å²) in [6, 6.07) is 13.3. The summed E-state index contributed by atoms with van der Waals surface area (Å²) in [6.45, 7) is 3.94. The van der Waals surface area contributed by atoms with Crippen molar-refractivity contribution in [2.24, 2.45) is 5.92 Å². The maximum atomic E-state index is 13.1. The van der Waals surface area contributed by atoms with Crippen molar-refractivity contribution in [1.82, 2.24) is 4.98 Å².